The van der Waals surface area contributed by atoms with E-state index in [0.29, 0.717) is 107 Å². The number of piperidine rings is 1. The first-order valence-electron chi connectivity index (χ1n) is 30.2. The Hall–Kier alpha value is -7.86. The molecule has 86 heavy (non-hydrogen) atoms. The number of nitro groups is 1. The largest absolute Gasteiger partial charge is 0.368 e. The highest BCUT2D eigenvalue weighted by Gasteiger charge is 2.43. The molecular weight excluding hydrogens is 1120 g/mol. The summed E-state index contributed by atoms with van der Waals surface area (Å²) in [5.74, 6) is -3.50. The number of hydrogen-bond donors (Lipinski definition) is 9. The van der Waals surface area contributed by atoms with Crippen LogP contribution in [-0.4, -0.2) is 154 Å². The number of nitrogens with one attached hydrogen (secondary N) is 8. The van der Waals surface area contributed by atoms with E-state index in [4.69, 9.17) is 5.73 Å². The van der Waals surface area contributed by atoms with Crippen molar-refractivity contribution in [3.05, 3.63) is 117 Å². The molecule has 9 rings (SSSR count). The first kappa shape index (κ1) is 62.7. The molecule has 10 N–H and O–H groups in total. The third-order valence-corrected chi connectivity index (χ3v) is 18.8. The number of likely N-dealkylation sites (N-methyl/N-ethyl adjacent to an activating group) is 1. The van der Waals surface area contributed by atoms with Gasteiger partial charge in [0.2, 0.25) is 41.4 Å². The van der Waals surface area contributed by atoms with E-state index in [1.165, 1.54) is 54.1 Å². The Bertz CT molecular complexity index is 3160. The van der Waals surface area contributed by atoms with Crippen molar-refractivity contribution in [2.24, 2.45) is 17.6 Å². The van der Waals surface area contributed by atoms with Gasteiger partial charge in [-0.2, -0.15) is 11.8 Å². The van der Waals surface area contributed by atoms with Gasteiger partial charge < -0.3 is 52.8 Å². The van der Waals surface area contributed by atoms with Crippen LogP contribution in [0.1, 0.15) is 106 Å². The smallest absolute Gasteiger partial charge is 0.315 e. The molecule has 3 aromatic carbocycles. The molecule has 4 aliphatic heterocycles. The first-order valence-corrected chi connectivity index (χ1v) is 31.2. The zero-order valence-electron chi connectivity index (χ0n) is 48.5. The number of nitrogens with two attached hydrogens (primary N) is 1. The van der Waals surface area contributed by atoms with E-state index in [0.717, 1.165) is 47.1 Å². The number of benzene rings is 3. The standard InChI is InChI=1S/C62H79FN12O10S/c1-73-34-41(31-45-44-12-9-14-46-55(44)40(33-67-46)32-51(45)73)59(80)69-48(29-38-20-24-43(25-21-38)75(84)85)60(81)70-49(30-37-18-22-42(63)23-19-37)61(82)74-28-10-11-39(35-74)58(79)66-27-7-2-3-16-53(76)65-26-8-6-13-47(57(64)78)68-54(77)17-5-4-15-52-56-50(36-86-52)71-62(83)72-56/h9,12,14,18-25,31,33,39,41,47-52,56,67H,2-8,10-11,13,15-17,26-30,32,34-36H2,1H3,(H2,64,78)(H,65,76)(H,66,79)(H,68,77)(H,69,80)(H,70,81)(H2,71,72,83)/t39?,41-,47-,48-,49-,50-,51+,52-,56-/m0/s1. The Morgan fingerprint density at radius 3 is 2.29 bits per heavy atom. The minimum atomic E-state index is -1.22. The molecule has 9 amide bonds. The molecule has 1 aromatic heterocycles. The summed E-state index contributed by atoms with van der Waals surface area (Å²) in [6.45, 7) is 1.56. The third-order valence-electron chi connectivity index (χ3n) is 17.3. The van der Waals surface area contributed by atoms with Crippen molar-refractivity contribution in [2.45, 2.75) is 144 Å². The van der Waals surface area contributed by atoms with Gasteiger partial charge in [0.1, 0.15) is 23.9 Å². The summed E-state index contributed by atoms with van der Waals surface area (Å²) in [6.07, 6.45) is 12.1. The quantitative estimate of drug-likeness (QED) is 0.0158. The normalized spacial score (nSPS) is 21.5. The summed E-state index contributed by atoms with van der Waals surface area (Å²) >= 11 is 1.83. The van der Waals surface area contributed by atoms with Crippen molar-refractivity contribution >= 4 is 81.3 Å². The van der Waals surface area contributed by atoms with Crippen LogP contribution in [0.4, 0.5) is 14.9 Å². The fourth-order valence-electron chi connectivity index (χ4n) is 12.6. The molecule has 1 aliphatic carbocycles. The molecule has 9 atom stereocenters. The Morgan fingerprint density at radius 2 is 1.52 bits per heavy atom. The number of rotatable bonds is 29. The maximum absolute atomic E-state index is 14.7. The molecule has 3 saturated heterocycles. The van der Waals surface area contributed by atoms with Crippen molar-refractivity contribution in [1.82, 2.24) is 52.0 Å². The molecule has 4 aromatic rings. The summed E-state index contributed by atoms with van der Waals surface area (Å²) < 4.78 is 14.2. The fraction of sp³-hybridized carbons (Fsp3) is 0.516. The van der Waals surface area contributed by atoms with Crippen molar-refractivity contribution in [2.75, 3.05) is 45.5 Å². The number of primary amides is 1. The minimum absolute atomic E-state index is 0.0216. The maximum Gasteiger partial charge on any atom is 0.315 e. The van der Waals surface area contributed by atoms with Gasteiger partial charge in [-0.15, -0.1) is 0 Å². The van der Waals surface area contributed by atoms with E-state index >= 15 is 0 Å². The highest BCUT2D eigenvalue weighted by atomic mass is 32.2. The van der Waals surface area contributed by atoms with Crippen LogP contribution >= 0.6 is 11.8 Å². The monoisotopic (exact) mass is 1200 g/mol. The second kappa shape index (κ2) is 29.5. The van der Waals surface area contributed by atoms with Gasteiger partial charge in [-0.05, 0) is 117 Å². The number of non-ortho nitro benzene ring substituents is 1. The van der Waals surface area contributed by atoms with E-state index < -0.39 is 64.3 Å². The van der Waals surface area contributed by atoms with Crippen LogP contribution in [-0.2, 0) is 52.8 Å². The lowest BCUT2D eigenvalue weighted by molar-refractivity contribution is -0.384. The Balaban J connectivity index is 0.722. The van der Waals surface area contributed by atoms with Crippen LogP contribution in [0, 0.1) is 27.8 Å². The summed E-state index contributed by atoms with van der Waals surface area (Å²) in [7, 11) is 1.97. The number of aromatic amines is 1. The predicted molar refractivity (Wildman–Crippen MR) is 323 cm³/mol. The summed E-state index contributed by atoms with van der Waals surface area (Å²) in [5, 5.41) is 33.4. The number of fused-ring (bicyclic) bond motifs is 3. The second-order valence-electron chi connectivity index (χ2n) is 23.5. The van der Waals surface area contributed by atoms with Crippen LogP contribution < -0.4 is 43.0 Å². The lowest BCUT2D eigenvalue weighted by Gasteiger charge is -2.39. The third kappa shape index (κ3) is 16.4. The van der Waals surface area contributed by atoms with Crippen LogP contribution in [0.3, 0.4) is 0 Å². The van der Waals surface area contributed by atoms with E-state index in [9.17, 15) is 52.9 Å². The molecular formula is C62H79FN12O10S. The number of likely N-dealkylation sites (tertiary alicyclic amines) is 1. The minimum Gasteiger partial charge on any atom is -0.368 e. The SMILES string of the molecule is CN1C[C@@H](C(=O)N[C@@H](Cc2ccc([N+](=O)[O-])cc2)C(=O)N[C@@H](Cc2ccc(F)cc2)C(=O)N2CCCC(C(=O)NCCCCCC(=O)NCCCC[C@H](NC(=O)CCCC[C@@H]3SC[C@@H]4NC(=O)N[C@@H]43)C(N)=O)C2)C=C2c3cccc4[nH]cc(c34)C[C@H]21. The molecule has 5 heterocycles. The average molecular weight is 1200 g/mol. The van der Waals surface area contributed by atoms with E-state index in [-0.39, 0.29) is 73.4 Å². The second-order valence-corrected chi connectivity index (χ2v) is 24.7. The molecule has 0 spiro atoms. The summed E-state index contributed by atoms with van der Waals surface area (Å²) in [6, 6.07) is 14.3. The molecule has 22 nitrogen and oxygen atoms in total. The number of H-pyrrole nitrogens is 1. The number of thioether (sulfide) groups is 1. The zero-order valence-corrected chi connectivity index (χ0v) is 49.4. The number of carbonyl (C=O) groups is 8. The first-order chi connectivity index (χ1) is 41.5. The average Bonchev–Trinajstić information content (AvgIpc) is 1.54. The molecule has 0 radical (unpaired) electrons. The highest BCUT2D eigenvalue weighted by molar-refractivity contribution is 8.00. The van der Waals surface area contributed by atoms with Gasteiger partial charge in [0.25, 0.3) is 5.69 Å². The Morgan fingerprint density at radius 1 is 0.802 bits per heavy atom. The van der Waals surface area contributed by atoms with Crippen molar-refractivity contribution in [3.63, 3.8) is 0 Å². The Kier molecular flexibility index (Phi) is 21.5. The van der Waals surface area contributed by atoms with Gasteiger partial charge >= 0.3 is 6.03 Å². The number of unbranched alkanes of at least 4 members (excludes halogenated alkanes) is 4. The molecule has 0 saturated carbocycles. The van der Waals surface area contributed by atoms with Crippen molar-refractivity contribution in [3.8, 4) is 0 Å². The number of amides is 9. The van der Waals surface area contributed by atoms with Gasteiger partial charge in [0, 0.05) is 105 Å². The molecule has 5 aliphatic rings. The molecule has 460 valence electrons. The van der Waals surface area contributed by atoms with Gasteiger partial charge in [-0.1, -0.05) is 55.3 Å². The summed E-state index contributed by atoms with van der Waals surface area (Å²) in [5.41, 5.74) is 10.8. The number of nitrogens with zero attached hydrogens (tertiary/aromatic N) is 3. The van der Waals surface area contributed by atoms with Crippen LogP contribution in [0.15, 0.2) is 79.0 Å². The lowest BCUT2D eigenvalue weighted by atomic mass is 9.79. The van der Waals surface area contributed by atoms with Crippen LogP contribution in [0.2, 0.25) is 0 Å². The van der Waals surface area contributed by atoms with Crippen molar-refractivity contribution < 1.29 is 47.7 Å². The molecule has 24 heteroatoms. The van der Waals surface area contributed by atoms with Gasteiger partial charge in [0.15, 0.2) is 0 Å². The maximum atomic E-state index is 14.7. The van der Waals surface area contributed by atoms with E-state index in [2.05, 4.69) is 53.2 Å². The highest BCUT2D eigenvalue weighted by Crippen LogP contribution is 2.41. The van der Waals surface area contributed by atoms with E-state index in [1.54, 1.807) is 4.90 Å². The number of aromatic nitrogens is 1. The predicted octanol–water partition coefficient (Wildman–Crippen LogP) is 4.44. The molecule has 1 unspecified atom stereocenters. The number of nitro benzene ring substituents is 1. The number of hydrogen-bond acceptors (Lipinski definition) is 12. The van der Waals surface area contributed by atoms with Crippen LogP contribution in [0.5, 0.6) is 0 Å². The van der Waals surface area contributed by atoms with Crippen LogP contribution in [0.25, 0.3) is 16.5 Å². The number of urea groups is 1. The summed E-state index contributed by atoms with van der Waals surface area (Å²) in [4.78, 5) is 125. The number of halogens is 1. The Labute approximate surface area is 503 Å². The molecule has 0 bridgehead atoms. The van der Waals surface area contributed by atoms with E-state index in [1.807, 2.05) is 43.2 Å². The van der Waals surface area contributed by atoms with Gasteiger partial charge in [-0.3, -0.25) is 48.6 Å². The fourth-order valence-corrected chi connectivity index (χ4v) is 14.1. The van der Waals surface area contributed by atoms with Crippen molar-refractivity contribution in [1.29, 1.82) is 0 Å². The van der Waals surface area contributed by atoms with Gasteiger partial charge in [0.05, 0.1) is 28.8 Å². The lowest BCUT2D eigenvalue weighted by Crippen LogP contribution is -2.58. The van der Waals surface area contributed by atoms with Gasteiger partial charge in [-0.25, -0.2) is 9.18 Å². The number of carbonyl (C=O) groups excluding carboxylic acids is 8. The molecule has 3 fully saturated rings. The topological polar surface area (TPSA) is 312 Å². The zero-order chi connectivity index (χ0) is 60.9.